The highest BCUT2D eigenvalue weighted by atomic mass is 127. The van der Waals surface area contributed by atoms with Crippen molar-refractivity contribution in [1.29, 1.82) is 0 Å². The highest BCUT2D eigenvalue weighted by Crippen LogP contribution is 2.35. The molecule has 0 aliphatic carbocycles. The number of anilines is 1. The van der Waals surface area contributed by atoms with Crippen molar-refractivity contribution in [3.63, 3.8) is 0 Å². The number of hydrogen-bond donors (Lipinski definition) is 1. The Hall–Kier alpha value is -1.33. The maximum Gasteiger partial charge on any atom is 0.256 e. The first-order valence-corrected chi connectivity index (χ1v) is 7.18. The normalized spacial score (nSPS) is 15.5. The number of benzene rings is 2. The van der Waals surface area contributed by atoms with Crippen LogP contribution in [0.3, 0.4) is 0 Å². The van der Waals surface area contributed by atoms with E-state index in [-0.39, 0.29) is 5.91 Å². The van der Waals surface area contributed by atoms with Gasteiger partial charge >= 0.3 is 0 Å². The van der Waals surface area contributed by atoms with Gasteiger partial charge in [-0.3, -0.25) is 4.79 Å². The second-order valence-electron chi connectivity index (χ2n) is 4.22. The first kappa shape index (κ1) is 12.7. The third-order valence-electron chi connectivity index (χ3n) is 2.97. The molecule has 2 aromatic carbocycles. The highest BCUT2D eigenvalue weighted by Gasteiger charge is 2.24. The lowest BCUT2D eigenvalue weighted by molar-refractivity contribution is -0.110. The van der Waals surface area contributed by atoms with E-state index in [2.05, 4.69) is 27.9 Å². The van der Waals surface area contributed by atoms with Gasteiger partial charge in [0.25, 0.3) is 5.91 Å². The van der Waals surface area contributed by atoms with Crippen LogP contribution in [0, 0.1) is 3.57 Å². The van der Waals surface area contributed by atoms with Crippen LogP contribution in [-0.2, 0) is 4.79 Å². The summed E-state index contributed by atoms with van der Waals surface area (Å²) in [7, 11) is 0. The van der Waals surface area contributed by atoms with Crippen LogP contribution in [0.4, 0.5) is 5.69 Å². The molecule has 0 spiro atoms. The lowest BCUT2D eigenvalue weighted by atomic mass is 10.0. The Morgan fingerprint density at radius 2 is 1.95 bits per heavy atom. The third kappa shape index (κ3) is 2.40. The third-order valence-corrected chi connectivity index (χ3v) is 4.19. The second kappa shape index (κ2) is 4.98. The Morgan fingerprint density at radius 1 is 1.16 bits per heavy atom. The zero-order valence-corrected chi connectivity index (χ0v) is 12.7. The smallest absolute Gasteiger partial charge is 0.256 e. The van der Waals surface area contributed by atoms with Crippen molar-refractivity contribution in [3.8, 4) is 0 Å². The van der Waals surface area contributed by atoms with Gasteiger partial charge in [0.1, 0.15) is 0 Å². The molecular formula is C15H9ClINO. The fraction of sp³-hybridized carbons (Fsp3) is 0. The number of carbonyl (C=O) groups is 1. The van der Waals surface area contributed by atoms with Gasteiger partial charge in [0, 0.05) is 19.7 Å². The maximum absolute atomic E-state index is 12.0. The predicted molar refractivity (Wildman–Crippen MR) is 87.1 cm³/mol. The standard InChI is InChI=1S/C15H9ClINO/c16-10-5-6-11-12(15(19)18-14(11)8-10)7-9-3-1-2-4-13(9)17/h1-8H,(H,18,19)/b12-7+. The largest absolute Gasteiger partial charge is 0.321 e. The van der Waals surface area contributed by atoms with E-state index in [1.165, 1.54) is 0 Å². The summed E-state index contributed by atoms with van der Waals surface area (Å²) in [4.78, 5) is 12.0. The minimum atomic E-state index is -0.0862. The molecule has 94 valence electrons. The molecule has 0 bridgehead atoms. The lowest BCUT2D eigenvalue weighted by Crippen LogP contribution is -2.03. The summed E-state index contributed by atoms with van der Waals surface area (Å²) >= 11 is 8.19. The molecule has 1 aliphatic rings. The molecule has 1 heterocycles. The van der Waals surface area contributed by atoms with Crippen molar-refractivity contribution in [3.05, 3.63) is 62.2 Å². The van der Waals surface area contributed by atoms with E-state index < -0.39 is 0 Å². The Morgan fingerprint density at radius 3 is 2.74 bits per heavy atom. The Balaban J connectivity index is 2.12. The van der Waals surface area contributed by atoms with Crippen molar-refractivity contribution < 1.29 is 4.79 Å². The van der Waals surface area contributed by atoms with Crippen LogP contribution in [0.15, 0.2) is 42.5 Å². The van der Waals surface area contributed by atoms with Gasteiger partial charge in [-0.25, -0.2) is 0 Å². The number of halogens is 2. The van der Waals surface area contributed by atoms with Crippen LogP contribution in [0.2, 0.25) is 5.02 Å². The molecule has 0 saturated carbocycles. The summed E-state index contributed by atoms with van der Waals surface area (Å²) in [6.07, 6.45) is 1.91. The zero-order valence-electron chi connectivity index (χ0n) is 9.78. The number of hydrogen-bond acceptors (Lipinski definition) is 1. The van der Waals surface area contributed by atoms with Gasteiger partial charge in [-0.15, -0.1) is 0 Å². The molecule has 3 rings (SSSR count). The Kier molecular flexibility index (Phi) is 3.33. The molecule has 1 N–H and O–H groups in total. The average Bonchev–Trinajstić information content (AvgIpc) is 2.68. The first-order valence-electron chi connectivity index (χ1n) is 5.72. The Bertz CT molecular complexity index is 709. The minimum Gasteiger partial charge on any atom is -0.321 e. The van der Waals surface area contributed by atoms with Crippen LogP contribution in [0.5, 0.6) is 0 Å². The summed E-state index contributed by atoms with van der Waals surface area (Å²) in [5.74, 6) is -0.0862. The van der Waals surface area contributed by atoms with Crippen molar-refractivity contribution in [2.75, 3.05) is 5.32 Å². The van der Waals surface area contributed by atoms with Gasteiger partial charge in [-0.05, 0) is 52.4 Å². The summed E-state index contributed by atoms with van der Waals surface area (Å²) in [5, 5.41) is 3.45. The molecule has 2 aromatic rings. The summed E-state index contributed by atoms with van der Waals surface area (Å²) < 4.78 is 1.11. The molecule has 19 heavy (non-hydrogen) atoms. The van der Waals surface area contributed by atoms with Crippen molar-refractivity contribution >= 4 is 57.4 Å². The number of fused-ring (bicyclic) bond motifs is 1. The van der Waals surface area contributed by atoms with E-state index in [1.54, 1.807) is 12.1 Å². The molecule has 4 heteroatoms. The summed E-state index contributed by atoms with van der Waals surface area (Å²) in [6, 6.07) is 13.4. The quantitative estimate of drug-likeness (QED) is 0.574. The molecule has 1 amide bonds. The van der Waals surface area contributed by atoms with E-state index >= 15 is 0 Å². The molecule has 0 aromatic heterocycles. The van der Waals surface area contributed by atoms with E-state index in [4.69, 9.17) is 11.6 Å². The average molecular weight is 382 g/mol. The van der Waals surface area contributed by atoms with Gasteiger partial charge in [-0.1, -0.05) is 35.9 Å². The molecule has 1 aliphatic heterocycles. The van der Waals surface area contributed by atoms with Gasteiger partial charge in [-0.2, -0.15) is 0 Å². The van der Waals surface area contributed by atoms with Crippen molar-refractivity contribution in [2.24, 2.45) is 0 Å². The van der Waals surface area contributed by atoms with E-state index in [0.29, 0.717) is 10.6 Å². The van der Waals surface area contributed by atoms with E-state index in [9.17, 15) is 4.79 Å². The topological polar surface area (TPSA) is 29.1 Å². The van der Waals surface area contributed by atoms with E-state index in [0.717, 1.165) is 20.4 Å². The van der Waals surface area contributed by atoms with Crippen LogP contribution < -0.4 is 5.32 Å². The predicted octanol–water partition coefficient (Wildman–Crippen LogP) is 4.44. The molecule has 0 fully saturated rings. The number of nitrogens with one attached hydrogen (secondary N) is 1. The van der Waals surface area contributed by atoms with E-state index in [1.807, 2.05) is 36.4 Å². The zero-order chi connectivity index (χ0) is 13.4. The maximum atomic E-state index is 12.0. The van der Waals surface area contributed by atoms with Gasteiger partial charge < -0.3 is 5.32 Å². The Labute approximate surface area is 129 Å². The summed E-state index contributed by atoms with van der Waals surface area (Å²) in [6.45, 7) is 0. The van der Waals surface area contributed by atoms with Crippen LogP contribution in [0.1, 0.15) is 11.1 Å². The lowest BCUT2D eigenvalue weighted by Gasteiger charge is -2.01. The number of amides is 1. The fourth-order valence-corrected chi connectivity index (χ4v) is 2.77. The number of rotatable bonds is 1. The van der Waals surface area contributed by atoms with Crippen LogP contribution in [-0.4, -0.2) is 5.91 Å². The van der Waals surface area contributed by atoms with Gasteiger partial charge in [0.05, 0.1) is 5.69 Å². The van der Waals surface area contributed by atoms with Crippen molar-refractivity contribution in [2.45, 2.75) is 0 Å². The first-order chi connectivity index (χ1) is 9.15. The minimum absolute atomic E-state index is 0.0862. The molecule has 2 nitrogen and oxygen atoms in total. The monoisotopic (exact) mass is 381 g/mol. The molecule has 0 unspecified atom stereocenters. The molecule has 0 atom stereocenters. The molecule has 0 radical (unpaired) electrons. The molecule has 0 saturated heterocycles. The fourth-order valence-electron chi connectivity index (χ4n) is 2.06. The van der Waals surface area contributed by atoms with Crippen LogP contribution >= 0.6 is 34.2 Å². The SMILES string of the molecule is O=C1Nc2cc(Cl)ccc2/C1=C\c1ccccc1I. The molecular weight excluding hydrogens is 373 g/mol. The van der Waals surface area contributed by atoms with Crippen LogP contribution in [0.25, 0.3) is 11.6 Å². The van der Waals surface area contributed by atoms with Crippen molar-refractivity contribution in [1.82, 2.24) is 0 Å². The number of carbonyl (C=O) groups excluding carboxylic acids is 1. The highest BCUT2D eigenvalue weighted by molar-refractivity contribution is 14.1. The summed E-state index contributed by atoms with van der Waals surface area (Å²) in [5.41, 5.74) is 3.38. The van der Waals surface area contributed by atoms with Gasteiger partial charge in [0.2, 0.25) is 0 Å². The van der Waals surface area contributed by atoms with Gasteiger partial charge in [0.15, 0.2) is 0 Å². The second-order valence-corrected chi connectivity index (χ2v) is 5.82.